The molecule has 0 aromatic heterocycles. The van der Waals surface area contributed by atoms with Gasteiger partial charge in [0.25, 0.3) is 0 Å². The molecule has 1 fully saturated rings. The largest absolute Gasteiger partial charge is 0.497 e. The maximum absolute atomic E-state index is 5.30. The molecule has 3 rings (SSSR count). The molecule has 20 heavy (non-hydrogen) atoms. The van der Waals surface area contributed by atoms with Crippen LogP contribution in [0.2, 0.25) is 0 Å². The van der Waals surface area contributed by atoms with E-state index in [1.807, 2.05) is 19.2 Å². The molecule has 2 aromatic carbocycles. The van der Waals surface area contributed by atoms with Gasteiger partial charge >= 0.3 is 0 Å². The Bertz CT molecular complexity index is 593. The van der Waals surface area contributed by atoms with Crippen molar-refractivity contribution in [2.24, 2.45) is 0 Å². The molecule has 106 valence electrons. The number of benzene rings is 2. The number of rotatable bonds is 4. The molecule has 1 N–H and O–H groups in total. The number of nitrogens with one attached hydrogen (secondary N) is 1. The molecular weight excluding hydrogens is 270 g/mol. The third-order valence-corrected chi connectivity index (χ3v) is 4.05. The monoisotopic (exact) mass is 289 g/mol. The van der Waals surface area contributed by atoms with Crippen LogP contribution >= 0.6 is 12.4 Å². The Hall–Kier alpha value is -1.51. The minimum absolute atomic E-state index is 0. The summed E-state index contributed by atoms with van der Waals surface area (Å²) in [4.78, 5) is 0. The molecule has 0 atom stereocenters. The highest BCUT2D eigenvalue weighted by molar-refractivity contribution is 5.85. The van der Waals surface area contributed by atoms with E-state index < -0.39 is 0 Å². The quantitative estimate of drug-likeness (QED) is 0.919. The summed E-state index contributed by atoms with van der Waals surface area (Å²) >= 11 is 0. The number of hydrogen-bond donors (Lipinski definition) is 1. The molecule has 1 aliphatic carbocycles. The maximum Gasteiger partial charge on any atom is 0.119 e. The fourth-order valence-corrected chi connectivity index (χ4v) is 2.61. The minimum atomic E-state index is 0. The summed E-state index contributed by atoms with van der Waals surface area (Å²) in [6, 6.07) is 17.0. The second-order valence-electron chi connectivity index (χ2n) is 5.14. The lowest BCUT2D eigenvalue weighted by Gasteiger charge is -2.16. The third-order valence-electron chi connectivity index (χ3n) is 4.05. The highest BCUT2D eigenvalue weighted by Gasteiger charge is 2.42. The predicted molar refractivity (Wildman–Crippen MR) is 85.6 cm³/mol. The van der Waals surface area contributed by atoms with Crippen molar-refractivity contribution < 1.29 is 4.74 Å². The van der Waals surface area contributed by atoms with Gasteiger partial charge in [-0.2, -0.15) is 0 Å². The minimum Gasteiger partial charge on any atom is -0.497 e. The SMILES string of the molecule is CNC1(c2cccc(-c3cccc(OC)c3)c2)CC1.Cl. The maximum atomic E-state index is 5.30. The average Bonchev–Trinajstić information content (AvgIpc) is 3.29. The summed E-state index contributed by atoms with van der Waals surface area (Å²) in [5, 5.41) is 3.45. The zero-order valence-corrected chi connectivity index (χ0v) is 12.7. The van der Waals surface area contributed by atoms with Crippen LogP contribution in [0.5, 0.6) is 5.75 Å². The van der Waals surface area contributed by atoms with Crippen LogP contribution in [0.15, 0.2) is 48.5 Å². The Balaban J connectivity index is 0.00000147. The average molecular weight is 290 g/mol. The summed E-state index contributed by atoms with van der Waals surface area (Å²) < 4.78 is 5.30. The van der Waals surface area contributed by atoms with E-state index in [2.05, 4.69) is 41.7 Å². The van der Waals surface area contributed by atoms with Crippen LogP contribution in [0.3, 0.4) is 0 Å². The van der Waals surface area contributed by atoms with Crippen molar-refractivity contribution in [1.29, 1.82) is 0 Å². The molecule has 0 saturated heterocycles. The van der Waals surface area contributed by atoms with Crippen LogP contribution < -0.4 is 10.1 Å². The van der Waals surface area contributed by atoms with Crippen molar-refractivity contribution in [3.8, 4) is 16.9 Å². The molecule has 0 aliphatic heterocycles. The van der Waals surface area contributed by atoms with Gasteiger partial charge < -0.3 is 10.1 Å². The molecule has 0 bridgehead atoms. The first kappa shape index (κ1) is 14.9. The zero-order valence-electron chi connectivity index (χ0n) is 11.8. The van der Waals surface area contributed by atoms with Crippen LogP contribution in [-0.2, 0) is 5.54 Å². The number of hydrogen-bond acceptors (Lipinski definition) is 2. The molecule has 1 saturated carbocycles. The van der Waals surface area contributed by atoms with Crippen molar-refractivity contribution in [2.45, 2.75) is 18.4 Å². The second kappa shape index (κ2) is 5.86. The zero-order chi connectivity index (χ0) is 13.3. The van der Waals surface area contributed by atoms with E-state index in [0.29, 0.717) is 0 Å². The smallest absolute Gasteiger partial charge is 0.119 e. The van der Waals surface area contributed by atoms with Gasteiger partial charge in [-0.25, -0.2) is 0 Å². The third kappa shape index (κ3) is 2.67. The Morgan fingerprint density at radius 1 is 1.00 bits per heavy atom. The first-order valence-corrected chi connectivity index (χ1v) is 6.71. The highest BCUT2D eigenvalue weighted by atomic mass is 35.5. The molecule has 0 amide bonds. The van der Waals surface area contributed by atoms with E-state index >= 15 is 0 Å². The van der Waals surface area contributed by atoms with Gasteiger partial charge in [0.15, 0.2) is 0 Å². The molecule has 0 spiro atoms. The molecular formula is C17H20ClNO. The van der Waals surface area contributed by atoms with Crippen molar-refractivity contribution in [1.82, 2.24) is 5.32 Å². The number of methoxy groups -OCH3 is 1. The Morgan fingerprint density at radius 2 is 1.65 bits per heavy atom. The molecule has 2 nitrogen and oxygen atoms in total. The molecule has 1 aliphatic rings. The Morgan fingerprint density at radius 3 is 2.25 bits per heavy atom. The van der Waals surface area contributed by atoms with Crippen LogP contribution in [0, 0.1) is 0 Å². The van der Waals surface area contributed by atoms with E-state index in [4.69, 9.17) is 4.74 Å². The van der Waals surface area contributed by atoms with Crippen LogP contribution in [-0.4, -0.2) is 14.2 Å². The Kier molecular flexibility index (Phi) is 4.36. The Labute approximate surface area is 126 Å². The lowest BCUT2D eigenvalue weighted by Crippen LogP contribution is -2.24. The molecule has 2 aromatic rings. The summed E-state index contributed by atoms with van der Waals surface area (Å²) in [5.74, 6) is 0.901. The van der Waals surface area contributed by atoms with Crippen molar-refractivity contribution in [2.75, 3.05) is 14.2 Å². The van der Waals surface area contributed by atoms with Gasteiger partial charge in [-0.3, -0.25) is 0 Å². The van der Waals surface area contributed by atoms with E-state index in [1.165, 1.54) is 29.5 Å². The van der Waals surface area contributed by atoms with E-state index in [0.717, 1.165) is 5.75 Å². The first-order valence-electron chi connectivity index (χ1n) is 6.71. The van der Waals surface area contributed by atoms with E-state index in [1.54, 1.807) is 7.11 Å². The van der Waals surface area contributed by atoms with Crippen LogP contribution in [0.25, 0.3) is 11.1 Å². The van der Waals surface area contributed by atoms with Crippen molar-refractivity contribution in [3.05, 3.63) is 54.1 Å². The van der Waals surface area contributed by atoms with Crippen LogP contribution in [0.4, 0.5) is 0 Å². The topological polar surface area (TPSA) is 21.3 Å². The lowest BCUT2D eigenvalue weighted by atomic mass is 9.98. The van der Waals surface area contributed by atoms with Gasteiger partial charge in [-0.05, 0) is 54.8 Å². The van der Waals surface area contributed by atoms with Gasteiger partial charge in [0.2, 0.25) is 0 Å². The summed E-state index contributed by atoms with van der Waals surface area (Å²) in [5.41, 5.74) is 4.05. The fourth-order valence-electron chi connectivity index (χ4n) is 2.61. The molecule has 0 radical (unpaired) electrons. The highest BCUT2D eigenvalue weighted by Crippen LogP contribution is 2.45. The van der Waals surface area contributed by atoms with E-state index in [9.17, 15) is 0 Å². The van der Waals surface area contributed by atoms with Gasteiger partial charge in [-0.1, -0.05) is 30.3 Å². The van der Waals surface area contributed by atoms with Crippen molar-refractivity contribution in [3.63, 3.8) is 0 Å². The van der Waals surface area contributed by atoms with Gasteiger partial charge in [-0.15, -0.1) is 12.4 Å². The predicted octanol–water partition coefficient (Wildman–Crippen LogP) is 3.99. The normalized spacial score (nSPS) is 15.3. The second-order valence-corrected chi connectivity index (χ2v) is 5.14. The van der Waals surface area contributed by atoms with Gasteiger partial charge in [0.05, 0.1) is 7.11 Å². The fraction of sp³-hybridized carbons (Fsp3) is 0.294. The van der Waals surface area contributed by atoms with Gasteiger partial charge in [0.1, 0.15) is 5.75 Å². The summed E-state index contributed by atoms with van der Waals surface area (Å²) in [6.07, 6.45) is 2.45. The van der Waals surface area contributed by atoms with Gasteiger partial charge in [0, 0.05) is 5.54 Å². The summed E-state index contributed by atoms with van der Waals surface area (Å²) in [6.45, 7) is 0. The van der Waals surface area contributed by atoms with Crippen molar-refractivity contribution >= 4 is 12.4 Å². The standard InChI is InChI=1S/C17H19NO.ClH/c1-18-17(9-10-17)15-7-3-5-13(11-15)14-6-4-8-16(12-14)19-2;/h3-8,11-12,18H,9-10H2,1-2H3;1H. The summed E-state index contributed by atoms with van der Waals surface area (Å²) in [7, 11) is 3.75. The molecule has 3 heteroatoms. The first-order chi connectivity index (χ1) is 9.27. The molecule has 0 heterocycles. The number of ether oxygens (including phenoxy) is 1. The van der Waals surface area contributed by atoms with Crippen LogP contribution in [0.1, 0.15) is 18.4 Å². The van der Waals surface area contributed by atoms with E-state index in [-0.39, 0.29) is 17.9 Å². The lowest BCUT2D eigenvalue weighted by molar-refractivity contribution is 0.415. The number of halogens is 1. The molecule has 0 unspecified atom stereocenters.